The number of methoxy groups -OCH3 is 1. The summed E-state index contributed by atoms with van der Waals surface area (Å²) >= 11 is 0. The normalized spacial score (nSPS) is 22.1. The quantitative estimate of drug-likeness (QED) is 0.547. The van der Waals surface area contributed by atoms with Crippen molar-refractivity contribution in [2.75, 3.05) is 20.2 Å². The van der Waals surface area contributed by atoms with E-state index in [9.17, 15) is 0 Å². The average Bonchev–Trinajstić information content (AvgIpc) is 2.36. The van der Waals surface area contributed by atoms with Gasteiger partial charge >= 0.3 is 0 Å². The van der Waals surface area contributed by atoms with Crippen LogP contribution in [0.25, 0.3) is 0 Å². The Morgan fingerprint density at radius 1 is 1.53 bits per heavy atom. The van der Waals surface area contributed by atoms with Crippen LogP contribution >= 0.6 is 0 Å². The van der Waals surface area contributed by atoms with Gasteiger partial charge in [-0.25, -0.2) is 4.99 Å². The van der Waals surface area contributed by atoms with Crippen LogP contribution in [0.1, 0.15) is 26.2 Å². The lowest BCUT2D eigenvalue weighted by Crippen LogP contribution is -2.42. The molecular formula is C12H24N4O. The van der Waals surface area contributed by atoms with E-state index >= 15 is 0 Å². The summed E-state index contributed by atoms with van der Waals surface area (Å²) in [6, 6.07) is 0. The summed E-state index contributed by atoms with van der Waals surface area (Å²) in [6.45, 7) is 4.15. The van der Waals surface area contributed by atoms with Crippen LogP contribution in [0, 0.1) is 0 Å². The minimum Gasteiger partial charge on any atom is -0.404 e. The molecule has 0 aromatic carbocycles. The molecule has 1 aliphatic heterocycles. The van der Waals surface area contributed by atoms with Gasteiger partial charge in [0, 0.05) is 20.2 Å². The maximum absolute atomic E-state index is 5.75. The predicted octanol–water partition coefficient (Wildman–Crippen LogP) is 0.663. The van der Waals surface area contributed by atoms with Gasteiger partial charge < -0.3 is 16.2 Å². The highest BCUT2D eigenvalue weighted by Gasteiger charge is 2.23. The van der Waals surface area contributed by atoms with Gasteiger partial charge in [0.2, 0.25) is 0 Å². The van der Waals surface area contributed by atoms with Crippen LogP contribution < -0.4 is 11.5 Å². The highest BCUT2D eigenvalue weighted by Crippen LogP contribution is 2.17. The minimum atomic E-state index is 0.156. The number of nitrogens with zero attached hydrogens (tertiary/aromatic N) is 2. The van der Waals surface area contributed by atoms with Crippen LogP contribution in [0.2, 0.25) is 0 Å². The maximum Gasteiger partial charge on any atom is 0.121 e. The Labute approximate surface area is 104 Å². The predicted molar refractivity (Wildman–Crippen MR) is 70.6 cm³/mol. The third kappa shape index (κ3) is 4.36. The van der Waals surface area contributed by atoms with E-state index in [0.717, 1.165) is 32.4 Å². The van der Waals surface area contributed by atoms with E-state index in [1.165, 1.54) is 6.20 Å². The molecule has 1 atom stereocenters. The number of ether oxygens (including phenoxy) is 1. The summed E-state index contributed by atoms with van der Waals surface area (Å²) in [6.07, 6.45) is 6.69. The van der Waals surface area contributed by atoms with Crippen LogP contribution in [-0.2, 0) is 4.74 Å². The lowest BCUT2D eigenvalue weighted by atomic mass is 10.1. The molecule has 1 fully saturated rings. The van der Waals surface area contributed by atoms with Crippen molar-refractivity contribution in [3.63, 3.8) is 0 Å². The van der Waals surface area contributed by atoms with Gasteiger partial charge in [-0.15, -0.1) is 0 Å². The molecule has 98 valence electrons. The third-order valence-electron chi connectivity index (χ3n) is 3.16. The molecule has 17 heavy (non-hydrogen) atoms. The van der Waals surface area contributed by atoms with Gasteiger partial charge in [-0.2, -0.15) is 0 Å². The number of hydrogen-bond acceptors (Lipinski definition) is 4. The van der Waals surface area contributed by atoms with Crippen LogP contribution in [-0.4, -0.2) is 43.2 Å². The molecule has 1 rings (SSSR count). The smallest absolute Gasteiger partial charge is 0.121 e. The van der Waals surface area contributed by atoms with Crippen molar-refractivity contribution >= 4 is 5.84 Å². The van der Waals surface area contributed by atoms with Crippen LogP contribution in [0.4, 0.5) is 0 Å². The summed E-state index contributed by atoms with van der Waals surface area (Å²) in [5, 5.41) is 0. The van der Waals surface area contributed by atoms with Gasteiger partial charge in [-0.1, -0.05) is 6.92 Å². The van der Waals surface area contributed by atoms with E-state index < -0.39 is 0 Å². The minimum absolute atomic E-state index is 0.156. The van der Waals surface area contributed by atoms with E-state index in [1.807, 2.05) is 0 Å². The molecule has 1 unspecified atom stereocenters. The lowest BCUT2D eigenvalue weighted by molar-refractivity contribution is 0.0279. The van der Waals surface area contributed by atoms with Crippen molar-refractivity contribution in [3.05, 3.63) is 12.3 Å². The van der Waals surface area contributed by atoms with E-state index in [0.29, 0.717) is 11.9 Å². The summed E-state index contributed by atoms with van der Waals surface area (Å²) < 4.78 is 5.36. The van der Waals surface area contributed by atoms with Gasteiger partial charge in [0.25, 0.3) is 0 Å². The molecule has 0 spiro atoms. The van der Waals surface area contributed by atoms with Crippen LogP contribution in [0.3, 0.4) is 0 Å². The lowest BCUT2D eigenvalue weighted by Gasteiger charge is -2.34. The topological polar surface area (TPSA) is 76.9 Å². The van der Waals surface area contributed by atoms with Crippen LogP contribution in [0.5, 0.6) is 0 Å². The summed E-state index contributed by atoms with van der Waals surface area (Å²) in [7, 11) is 1.78. The molecule has 0 radical (unpaired) electrons. The second-order valence-corrected chi connectivity index (χ2v) is 4.27. The Balaban J connectivity index is 2.54. The van der Waals surface area contributed by atoms with Crippen molar-refractivity contribution in [1.82, 2.24) is 4.90 Å². The van der Waals surface area contributed by atoms with E-state index in [4.69, 9.17) is 16.2 Å². The molecule has 0 aromatic heterocycles. The Bertz CT molecular complexity index is 270. The number of hydrogen-bond donors (Lipinski definition) is 2. The Morgan fingerprint density at radius 2 is 2.18 bits per heavy atom. The molecule has 0 aliphatic carbocycles. The average molecular weight is 240 g/mol. The SMILES string of the molecule is CCC(/N=C(N)\C=C/N)N1CCC(OC)CC1. The molecule has 0 saturated carbocycles. The Morgan fingerprint density at radius 3 is 2.65 bits per heavy atom. The third-order valence-corrected chi connectivity index (χ3v) is 3.16. The van der Waals surface area contributed by atoms with Gasteiger partial charge in [-0.3, -0.25) is 4.90 Å². The van der Waals surface area contributed by atoms with Crippen LogP contribution in [0.15, 0.2) is 17.3 Å². The van der Waals surface area contributed by atoms with E-state index in [-0.39, 0.29) is 6.17 Å². The molecule has 5 heteroatoms. The molecule has 1 aliphatic rings. The highest BCUT2D eigenvalue weighted by molar-refractivity contribution is 5.91. The first-order valence-electron chi connectivity index (χ1n) is 6.19. The maximum atomic E-state index is 5.75. The molecule has 4 N–H and O–H groups in total. The fraction of sp³-hybridized carbons (Fsp3) is 0.750. The summed E-state index contributed by atoms with van der Waals surface area (Å²) in [5.41, 5.74) is 11.0. The second-order valence-electron chi connectivity index (χ2n) is 4.27. The molecule has 1 heterocycles. The first-order chi connectivity index (χ1) is 8.21. The second kappa shape index (κ2) is 7.29. The van der Waals surface area contributed by atoms with Crippen molar-refractivity contribution in [2.24, 2.45) is 16.5 Å². The zero-order valence-corrected chi connectivity index (χ0v) is 10.8. The largest absolute Gasteiger partial charge is 0.404 e. The molecule has 0 aromatic rings. The number of amidine groups is 1. The Kier molecular flexibility index (Phi) is 6.00. The zero-order chi connectivity index (χ0) is 12.7. The highest BCUT2D eigenvalue weighted by atomic mass is 16.5. The number of rotatable bonds is 5. The van der Waals surface area contributed by atoms with Crippen molar-refractivity contribution in [1.29, 1.82) is 0 Å². The van der Waals surface area contributed by atoms with Gasteiger partial charge in [0.05, 0.1) is 6.10 Å². The fourth-order valence-electron chi connectivity index (χ4n) is 2.15. The number of aliphatic imine (C=N–C) groups is 1. The molecule has 0 amide bonds. The standard InChI is InChI=1S/C12H24N4O/c1-3-12(15-11(14)4-7-13)16-8-5-10(17-2)6-9-16/h4,7,10,12H,3,5-6,8-9,13H2,1-2H3,(H2,14,15)/b7-4-. The summed E-state index contributed by atoms with van der Waals surface area (Å²) in [5.74, 6) is 0.494. The monoisotopic (exact) mass is 240 g/mol. The van der Waals surface area contributed by atoms with Crippen molar-refractivity contribution < 1.29 is 4.74 Å². The van der Waals surface area contributed by atoms with Gasteiger partial charge in [0.15, 0.2) is 0 Å². The van der Waals surface area contributed by atoms with E-state index in [2.05, 4.69) is 16.8 Å². The van der Waals surface area contributed by atoms with Gasteiger partial charge in [0.1, 0.15) is 12.0 Å². The van der Waals surface area contributed by atoms with Crippen molar-refractivity contribution in [2.45, 2.75) is 38.5 Å². The van der Waals surface area contributed by atoms with E-state index in [1.54, 1.807) is 13.2 Å². The number of piperidine rings is 1. The molecule has 0 bridgehead atoms. The fourth-order valence-corrected chi connectivity index (χ4v) is 2.15. The number of nitrogens with two attached hydrogens (primary N) is 2. The number of likely N-dealkylation sites (tertiary alicyclic amines) is 1. The summed E-state index contributed by atoms with van der Waals surface area (Å²) in [4.78, 5) is 6.83. The Hall–Kier alpha value is -1.07. The first kappa shape index (κ1) is 14.0. The molecule has 1 saturated heterocycles. The van der Waals surface area contributed by atoms with Crippen molar-refractivity contribution in [3.8, 4) is 0 Å². The van der Waals surface area contributed by atoms with Gasteiger partial charge in [-0.05, 0) is 31.5 Å². The molecule has 5 nitrogen and oxygen atoms in total. The zero-order valence-electron chi connectivity index (χ0n) is 10.8. The first-order valence-corrected chi connectivity index (χ1v) is 6.19. The molecular weight excluding hydrogens is 216 g/mol.